The molecule has 0 unspecified atom stereocenters. The van der Waals surface area contributed by atoms with Crippen LogP contribution in [0.1, 0.15) is 35.5 Å². The molecular weight excluding hydrogens is 252 g/mol. The van der Waals surface area contributed by atoms with Gasteiger partial charge in [0, 0.05) is 24.5 Å². The minimum atomic E-state index is -0.110. The largest absolute Gasteiger partial charge is 0.336 e. The molecule has 0 aliphatic carbocycles. The van der Waals surface area contributed by atoms with Crippen LogP contribution in [-0.2, 0) is 17.8 Å². The predicted molar refractivity (Wildman–Crippen MR) is 80.8 cm³/mol. The summed E-state index contributed by atoms with van der Waals surface area (Å²) in [5.74, 6) is -0.110. The molecule has 1 heterocycles. The van der Waals surface area contributed by atoms with E-state index in [1.807, 2.05) is 6.92 Å². The first kappa shape index (κ1) is 14.6. The fourth-order valence-electron chi connectivity index (χ4n) is 2.63. The van der Waals surface area contributed by atoms with Crippen LogP contribution >= 0.6 is 0 Å². The third-order valence-corrected chi connectivity index (χ3v) is 3.87. The van der Waals surface area contributed by atoms with Gasteiger partial charge in [0.2, 0.25) is 0 Å². The Bertz CT molecular complexity index is 643. The average Bonchev–Trinajstić information content (AvgIpc) is 2.77. The monoisotopic (exact) mass is 274 g/mol. The molecule has 0 spiro atoms. The molecule has 108 valence electrons. The van der Waals surface area contributed by atoms with Crippen LogP contribution in [0.5, 0.6) is 0 Å². The zero-order valence-corrected chi connectivity index (χ0v) is 12.9. The molecule has 0 aliphatic rings. The van der Waals surface area contributed by atoms with Gasteiger partial charge in [0.1, 0.15) is 5.69 Å². The third-order valence-electron chi connectivity index (χ3n) is 3.87. The van der Waals surface area contributed by atoms with E-state index in [-0.39, 0.29) is 5.91 Å². The molecule has 0 saturated carbocycles. The van der Waals surface area contributed by atoms with Crippen molar-refractivity contribution in [2.45, 2.75) is 33.7 Å². The van der Waals surface area contributed by atoms with E-state index in [1.165, 1.54) is 17.7 Å². The Morgan fingerprint density at radius 1 is 1.35 bits per heavy atom. The lowest BCUT2D eigenvalue weighted by atomic mass is 10.1. The number of fused-ring (bicyclic) bond motifs is 1. The lowest BCUT2D eigenvalue weighted by Crippen LogP contribution is -2.28. The number of carbonyl (C=O) groups excluding carboxylic acids is 1. The second kappa shape index (κ2) is 5.67. The quantitative estimate of drug-likeness (QED) is 0.803. The van der Waals surface area contributed by atoms with E-state index in [0.717, 1.165) is 29.4 Å². The second-order valence-corrected chi connectivity index (χ2v) is 4.91. The van der Waals surface area contributed by atoms with E-state index in [4.69, 9.17) is 4.84 Å². The summed E-state index contributed by atoms with van der Waals surface area (Å²) in [6.07, 6.45) is 0.994. The lowest BCUT2D eigenvalue weighted by Gasteiger charge is -2.16. The fraction of sp³-hybridized carbons (Fsp3) is 0.438. The highest BCUT2D eigenvalue weighted by molar-refractivity contribution is 6.01. The number of aromatic nitrogens is 1. The molecule has 4 heteroatoms. The molecule has 20 heavy (non-hydrogen) atoms. The number of hydrogen-bond acceptors (Lipinski definition) is 2. The Kier molecular flexibility index (Phi) is 4.14. The van der Waals surface area contributed by atoms with E-state index in [1.54, 1.807) is 7.05 Å². The van der Waals surface area contributed by atoms with E-state index in [9.17, 15) is 4.79 Å². The van der Waals surface area contributed by atoms with Crippen LogP contribution in [0.4, 0.5) is 0 Å². The second-order valence-electron chi connectivity index (χ2n) is 4.91. The molecule has 0 fully saturated rings. The van der Waals surface area contributed by atoms with Crippen molar-refractivity contribution >= 4 is 16.8 Å². The molecule has 0 aliphatic heterocycles. The summed E-state index contributed by atoms with van der Waals surface area (Å²) in [7, 11) is 3.14. The molecule has 1 aromatic carbocycles. The number of benzene rings is 1. The van der Waals surface area contributed by atoms with Crippen molar-refractivity contribution in [3.05, 3.63) is 35.0 Å². The maximum Gasteiger partial charge on any atom is 0.294 e. The summed E-state index contributed by atoms with van der Waals surface area (Å²) in [6.45, 7) is 6.95. The number of hydroxylamine groups is 2. The van der Waals surface area contributed by atoms with Crippen LogP contribution in [0.15, 0.2) is 18.2 Å². The average molecular weight is 274 g/mol. The topological polar surface area (TPSA) is 34.5 Å². The van der Waals surface area contributed by atoms with Crippen LogP contribution in [0.3, 0.4) is 0 Å². The van der Waals surface area contributed by atoms with Gasteiger partial charge in [-0.1, -0.05) is 13.0 Å². The minimum Gasteiger partial charge on any atom is -0.336 e. The van der Waals surface area contributed by atoms with E-state index in [2.05, 4.69) is 36.6 Å². The van der Waals surface area contributed by atoms with Gasteiger partial charge in [-0.15, -0.1) is 0 Å². The molecule has 4 nitrogen and oxygen atoms in total. The Morgan fingerprint density at radius 3 is 2.60 bits per heavy atom. The van der Waals surface area contributed by atoms with Crippen LogP contribution in [-0.4, -0.2) is 29.7 Å². The highest BCUT2D eigenvalue weighted by atomic mass is 16.7. The van der Waals surface area contributed by atoms with Gasteiger partial charge in [-0.25, -0.2) is 5.06 Å². The van der Waals surface area contributed by atoms with Gasteiger partial charge in [0.15, 0.2) is 0 Å². The minimum absolute atomic E-state index is 0.110. The van der Waals surface area contributed by atoms with Crippen LogP contribution in [0, 0.1) is 6.92 Å². The standard InChI is InChI=1S/C16H22N2O2/c1-6-12-8-9-14-13(10-12)11(3)15(18(14)7-2)16(19)17(4)20-5/h8-10H,6-7H2,1-5H3. The number of rotatable bonds is 4. The fourth-order valence-corrected chi connectivity index (χ4v) is 2.63. The summed E-state index contributed by atoms with van der Waals surface area (Å²) in [5.41, 5.74) is 4.12. The highest BCUT2D eigenvalue weighted by Gasteiger charge is 2.22. The summed E-state index contributed by atoms with van der Waals surface area (Å²) in [6, 6.07) is 6.41. The Hall–Kier alpha value is -1.81. The molecule has 0 bridgehead atoms. The lowest BCUT2D eigenvalue weighted by molar-refractivity contribution is -0.0763. The molecule has 1 amide bonds. The number of amides is 1. The normalized spacial score (nSPS) is 11.1. The predicted octanol–water partition coefficient (Wildman–Crippen LogP) is 3.17. The van der Waals surface area contributed by atoms with Crippen molar-refractivity contribution in [1.82, 2.24) is 9.63 Å². The van der Waals surface area contributed by atoms with Crippen molar-refractivity contribution in [3.63, 3.8) is 0 Å². The van der Waals surface area contributed by atoms with Crippen LogP contribution in [0.2, 0.25) is 0 Å². The summed E-state index contributed by atoms with van der Waals surface area (Å²) < 4.78 is 2.06. The maximum atomic E-state index is 12.5. The van der Waals surface area contributed by atoms with Crippen molar-refractivity contribution < 1.29 is 9.63 Å². The number of aryl methyl sites for hydroxylation is 3. The van der Waals surface area contributed by atoms with Gasteiger partial charge in [-0.3, -0.25) is 9.63 Å². The summed E-state index contributed by atoms with van der Waals surface area (Å²) in [4.78, 5) is 17.5. The van der Waals surface area contributed by atoms with Crippen molar-refractivity contribution in [2.24, 2.45) is 0 Å². The van der Waals surface area contributed by atoms with Crippen LogP contribution in [0.25, 0.3) is 10.9 Å². The summed E-state index contributed by atoms with van der Waals surface area (Å²) in [5, 5.41) is 2.42. The van der Waals surface area contributed by atoms with E-state index in [0.29, 0.717) is 5.69 Å². The molecule has 0 radical (unpaired) electrons. The first-order valence-corrected chi connectivity index (χ1v) is 6.99. The number of hydrogen-bond donors (Lipinski definition) is 0. The first-order valence-electron chi connectivity index (χ1n) is 6.99. The van der Waals surface area contributed by atoms with Crippen molar-refractivity contribution in [1.29, 1.82) is 0 Å². The van der Waals surface area contributed by atoms with Gasteiger partial charge in [0.25, 0.3) is 5.91 Å². The molecule has 2 aromatic rings. The van der Waals surface area contributed by atoms with Gasteiger partial charge in [-0.2, -0.15) is 0 Å². The highest BCUT2D eigenvalue weighted by Crippen LogP contribution is 2.27. The molecule has 0 atom stereocenters. The third kappa shape index (κ3) is 2.20. The smallest absolute Gasteiger partial charge is 0.294 e. The Balaban J connectivity index is 2.71. The van der Waals surface area contributed by atoms with Gasteiger partial charge >= 0.3 is 0 Å². The Labute approximate surface area is 119 Å². The number of carbonyl (C=O) groups is 1. The van der Waals surface area contributed by atoms with Gasteiger partial charge < -0.3 is 4.57 Å². The molecule has 0 saturated heterocycles. The van der Waals surface area contributed by atoms with Gasteiger partial charge in [0.05, 0.1) is 7.11 Å². The molecule has 0 N–H and O–H groups in total. The first-order chi connectivity index (χ1) is 9.54. The van der Waals surface area contributed by atoms with Crippen molar-refractivity contribution in [2.75, 3.05) is 14.2 Å². The Morgan fingerprint density at radius 2 is 2.05 bits per heavy atom. The SMILES string of the molecule is CCc1ccc2c(c1)c(C)c(C(=O)N(C)OC)n2CC. The maximum absolute atomic E-state index is 12.5. The number of nitrogens with zero attached hydrogens (tertiary/aromatic N) is 2. The molecule has 1 aromatic heterocycles. The van der Waals surface area contributed by atoms with Crippen LogP contribution < -0.4 is 0 Å². The zero-order valence-electron chi connectivity index (χ0n) is 12.9. The molecule has 2 rings (SSSR count). The zero-order chi connectivity index (χ0) is 14.9. The van der Waals surface area contributed by atoms with Crippen molar-refractivity contribution in [3.8, 4) is 0 Å². The summed E-state index contributed by atoms with van der Waals surface area (Å²) >= 11 is 0. The molecular formula is C16H22N2O2. The van der Waals surface area contributed by atoms with E-state index >= 15 is 0 Å². The van der Waals surface area contributed by atoms with Gasteiger partial charge in [-0.05, 0) is 43.5 Å². The van der Waals surface area contributed by atoms with E-state index < -0.39 is 0 Å².